The Morgan fingerprint density at radius 2 is 1.62 bits per heavy atom. The van der Waals surface area contributed by atoms with E-state index >= 15 is 0 Å². The van der Waals surface area contributed by atoms with Crippen LogP contribution in [0.4, 0.5) is 5.69 Å². The fourth-order valence-corrected chi connectivity index (χ4v) is 8.44. The molecule has 1 aliphatic heterocycles. The number of para-hydroxylation sites is 2. The molecule has 8 nitrogen and oxygen atoms in total. The van der Waals surface area contributed by atoms with E-state index in [-0.39, 0.29) is 11.2 Å². The van der Waals surface area contributed by atoms with E-state index in [1.807, 2.05) is 39.8 Å². The van der Waals surface area contributed by atoms with Crippen molar-refractivity contribution in [3.05, 3.63) is 64.7 Å². The first-order valence-corrected chi connectivity index (χ1v) is 15.0. The van der Waals surface area contributed by atoms with Crippen molar-refractivity contribution in [2.45, 2.75) is 50.6 Å². The van der Waals surface area contributed by atoms with Crippen LogP contribution in [0.3, 0.4) is 0 Å². The van der Waals surface area contributed by atoms with Crippen molar-refractivity contribution in [2.75, 3.05) is 38.2 Å². The molecule has 4 aliphatic carbocycles. The van der Waals surface area contributed by atoms with Gasteiger partial charge in [-0.05, 0) is 110 Å². The maximum absolute atomic E-state index is 9.70. The third kappa shape index (κ3) is 4.73. The van der Waals surface area contributed by atoms with E-state index in [2.05, 4.69) is 21.9 Å². The Balaban J connectivity index is 1.16. The van der Waals surface area contributed by atoms with Gasteiger partial charge in [0.25, 0.3) is 0 Å². The lowest BCUT2D eigenvalue weighted by Gasteiger charge is -2.55. The topological polar surface area (TPSA) is 71.0 Å². The van der Waals surface area contributed by atoms with Crippen LogP contribution in [0.2, 0.25) is 0 Å². The van der Waals surface area contributed by atoms with E-state index in [0.29, 0.717) is 11.4 Å². The molecule has 4 bridgehead atoms. The van der Waals surface area contributed by atoms with E-state index in [4.69, 9.17) is 27.2 Å². The fraction of sp³-hybridized carbons (Fsp3) is 0.516. The van der Waals surface area contributed by atoms with Crippen molar-refractivity contribution in [1.29, 1.82) is 0 Å². The second-order valence-electron chi connectivity index (χ2n) is 12.4. The molecule has 1 saturated heterocycles. The van der Waals surface area contributed by atoms with Crippen LogP contribution in [0.1, 0.15) is 49.9 Å². The van der Waals surface area contributed by atoms with Gasteiger partial charge < -0.3 is 14.7 Å². The first-order valence-electron chi connectivity index (χ1n) is 14.6. The number of aromatic nitrogens is 3. The molecule has 1 aromatic heterocycles. The molecule has 5 aliphatic rings. The summed E-state index contributed by atoms with van der Waals surface area (Å²) >= 11 is 6.06. The Hall–Kier alpha value is -3.17. The Labute approximate surface area is 240 Å². The quantitative estimate of drug-likeness (QED) is 0.315. The predicted molar refractivity (Wildman–Crippen MR) is 159 cm³/mol. The number of rotatable bonds is 7. The van der Waals surface area contributed by atoms with Gasteiger partial charge >= 0.3 is 0 Å². The first kappa shape index (κ1) is 25.8. The van der Waals surface area contributed by atoms with Gasteiger partial charge in [0.2, 0.25) is 4.77 Å². The molecule has 0 unspecified atom stereocenters. The number of benzene rings is 2. The van der Waals surface area contributed by atoms with Gasteiger partial charge in [-0.1, -0.05) is 12.1 Å². The molecular weight excluding hydrogens is 520 g/mol. The molecule has 4 saturated carbocycles. The van der Waals surface area contributed by atoms with Crippen LogP contribution in [0.25, 0.3) is 0 Å². The highest BCUT2D eigenvalue weighted by Crippen LogP contribution is 2.60. The van der Waals surface area contributed by atoms with Crippen molar-refractivity contribution >= 4 is 24.1 Å². The van der Waals surface area contributed by atoms with Gasteiger partial charge in [-0.25, -0.2) is 4.68 Å². The van der Waals surface area contributed by atoms with Crippen LogP contribution in [0.15, 0.2) is 53.6 Å². The minimum absolute atomic E-state index is 0.0718. The number of hydrogen-bond donors (Lipinski definition) is 1. The number of phenolic OH excluding ortho intramolecular Hbond substituents is 1. The van der Waals surface area contributed by atoms with Crippen molar-refractivity contribution in [1.82, 2.24) is 19.4 Å². The summed E-state index contributed by atoms with van der Waals surface area (Å²) < 4.78 is 10.2. The second-order valence-corrected chi connectivity index (χ2v) is 12.7. The first-order chi connectivity index (χ1) is 19.5. The summed E-state index contributed by atoms with van der Waals surface area (Å²) in [6.45, 7) is 4.37. The Morgan fingerprint density at radius 3 is 2.27 bits per heavy atom. The highest BCUT2D eigenvalue weighted by molar-refractivity contribution is 7.71. The van der Waals surface area contributed by atoms with Crippen molar-refractivity contribution < 1.29 is 9.84 Å². The van der Waals surface area contributed by atoms with Crippen molar-refractivity contribution in [3.8, 4) is 11.5 Å². The Morgan fingerprint density at radius 1 is 0.975 bits per heavy atom. The smallest absolute Gasteiger partial charge is 0.220 e. The molecule has 40 heavy (non-hydrogen) atoms. The Kier molecular flexibility index (Phi) is 6.66. The highest BCUT2D eigenvalue weighted by atomic mass is 32.1. The van der Waals surface area contributed by atoms with Gasteiger partial charge in [-0.2, -0.15) is 14.9 Å². The maximum atomic E-state index is 9.70. The van der Waals surface area contributed by atoms with Gasteiger partial charge in [0.15, 0.2) is 5.82 Å². The van der Waals surface area contributed by atoms with E-state index in [9.17, 15) is 5.11 Å². The monoisotopic (exact) mass is 558 g/mol. The summed E-state index contributed by atoms with van der Waals surface area (Å²) in [6.07, 6.45) is 9.61. The normalized spacial score (nSPS) is 28.0. The van der Waals surface area contributed by atoms with Crippen LogP contribution in [0, 0.1) is 22.5 Å². The largest absolute Gasteiger partial charge is 0.508 e. The zero-order valence-electron chi connectivity index (χ0n) is 23.2. The predicted octanol–water partition coefficient (Wildman–Crippen LogP) is 5.26. The average molecular weight is 559 g/mol. The number of ether oxygens (including phenoxy) is 1. The molecule has 1 N–H and O–H groups in total. The number of hydrogen-bond acceptors (Lipinski definition) is 7. The van der Waals surface area contributed by atoms with E-state index in [1.54, 1.807) is 19.2 Å². The number of anilines is 1. The molecule has 2 aromatic carbocycles. The number of phenols is 1. The molecule has 0 radical (unpaired) electrons. The lowest BCUT2D eigenvalue weighted by atomic mass is 9.49. The number of piperazine rings is 1. The average Bonchev–Trinajstić information content (AvgIpc) is 3.28. The SMILES string of the molecule is COc1ccccc1N1CCN(Cn2nc(C34CC5CC(CC(C5)C3)C4)n(/N=C/c3ccc(O)cc3)c2=S)CC1. The summed E-state index contributed by atoms with van der Waals surface area (Å²) in [5.74, 6) is 4.65. The molecule has 5 fully saturated rings. The molecule has 2 heterocycles. The van der Waals surface area contributed by atoms with E-state index < -0.39 is 0 Å². The molecule has 3 aromatic rings. The zero-order chi connectivity index (χ0) is 27.3. The molecule has 0 spiro atoms. The molecule has 0 atom stereocenters. The zero-order valence-corrected chi connectivity index (χ0v) is 24.0. The summed E-state index contributed by atoms with van der Waals surface area (Å²) in [4.78, 5) is 4.84. The summed E-state index contributed by atoms with van der Waals surface area (Å²) in [5, 5.41) is 19.9. The standard InChI is InChI=1S/C31H38N6O2S/c1-39-28-5-3-2-4-27(28)35-12-10-34(11-13-35)21-36-30(40)37(32-20-22-6-8-26(38)9-7-22)29(33-36)31-17-23-14-24(18-31)16-25(15-23)19-31/h2-9,20,23-25,38H,10-19,21H2,1H3/b32-20+. The van der Waals surface area contributed by atoms with Crippen LogP contribution >= 0.6 is 12.2 Å². The summed E-state index contributed by atoms with van der Waals surface area (Å²) in [7, 11) is 1.73. The third-order valence-corrected chi connectivity index (χ3v) is 10.1. The number of aromatic hydroxyl groups is 1. The van der Waals surface area contributed by atoms with Crippen LogP contribution in [0.5, 0.6) is 11.5 Å². The van der Waals surface area contributed by atoms with Crippen LogP contribution in [-0.4, -0.2) is 64.0 Å². The lowest BCUT2D eigenvalue weighted by Crippen LogP contribution is -2.49. The third-order valence-electron chi connectivity index (χ3n) is 9.68. The van der Waals surface area contributed by atoms with Gasteiger partial charge in [0, 0.05) is 31.6 Å². The maximum Gasteiger partial charge on any atom is 0.220 e. The van der Waals surface area contributed by atoms with Crippen molar-refractivity contribution in [2.24, 2.45) is 22.9 Å². The van der Waals surface area contributed by atoms with Gasteiger partial charge in [0.1, 0.15) is 11.5 Å². The Bertz CT molecular complexity index is 1420. The molecular formula is C31H38N6O2S. The summed E-state index contributed by atoms with van der Waals surface area (Å²) in [5.41, 5.74) is 2.15. The van der Waals surface area contributed by atoms with E-state index in [1.165, 1.54) is 38.5 Å². The molecule has 210 valence electrons. The minimum Gasteiger partial charge on any atom is -0.508 e. The number of methoxy groups -OCH3 is 1. The number of nitrogens with zero attached hydrogens (tertiary/aromatic N) is 6. The highest BCUT2D eigenvalue weighted by Gasteiger charge is 2.54. The lowest BCUT2D eigenvalue weighted by molar-refractivity contribution is -0.0112. The second kappa shape index (κ2) is 10.3. The molecule has 9 heteroatoms. The van der Waals surface area contributed by atoms with Crippen LogP contribution < -0.4 is 9.64 Å². The van der Waals surface area contributed by atoms with Gasteiger partial charge in [0.05, 0.1) is 25.7 Å². The molecule has 8 rings (SSSR count). The molecule has 0 amide bonds. The van der Waals surface area contributed by atoms with Crippen molar-refractivity contribution in [3.63, 3.8) is 0 Å². The minimum atomic E-state index is 0.0718. The van der Waals surface area contributed by atoms with Gasteiger partial charge in [-0.15, -0.1) is 0 Å². The van der Waals surface area contributed by atoms with Gasteiger partial charge in [-0.3, -0.25) is 4.90 Å². The summed E-state index contributed by atoms with van der Waals surface area (Å²) in [6, 6.07) is 15.4. The van der Waals surface area contributed by atoms with E-state index in [0.717, 1.165) is 66.8 Å². The fourth-order valence-electron chi connectivity index (χ4n) is 8.21. The van der Waals surface area contributed by atoms with Crippen LogP contribution in [-0.2, 0) is 12.1 Å².